The predicted octanol–water partition coefficient (Wildman–Crippen LogP) is 2.10. The number of para-hydroxylation sites is 1. The van der Waals surface area contributed by atoms with Crippen molar-refractivity contribution < 1.29 is 22.9 Å². The largest absolute Gasteiger partial charge is 0.359 e. The third kappa shape index (κ3) is 4.11. The van der Waals surface area contributed by atoms with Gasteiger partial charge in [-0.2, -0.15) is 0 Å². The van der Waals surface area contributed by atoms with Crippen molar-refractivity contribution in [3.8, 4) is 0 Å². The highest BCUT2D eigenvalue weighted by atomic mass is 35.5. The number of hydrogen-bond donors (Lipinski definition) is 2. The van der Waals surface area contributed by atoms with Gasteiger partial charge in [-0.05, 0) is 24.3 Å². The molecule has 3 rings (SSSR count). The van der Waals surface area contributed by atoms with Gasteiger partial charge in [-0.1, -0.05) is 23.7 Å². The van der Waals surface area contributed by atoms with Crippen LogP contribution in [-0.2, 0) is 4.79 Å². The number of hydrogen-bond acceptors (Lipinski definition) is 2. The Morgan fingerprint density at radius 2 is 1.77 bits per heavy atom. The summed E-state index contributed by atoms with van der Waals surface area (Å²) in [4.78, 5) is 15.3. The molecule has 26 heavy (non-hydrogen) atoms. The van der Waals surface area contributed by atoms with Crippen molar-refractivity contribution >= 4 is 28.9 Å². The van der Waals surface area contributed by atoms with Crippen molar-refractivity contribution in [1.82, 2.24) is 0 Å². The van der Waals surface area contributed by atoms with Gasteiger partial charge in [-0.15, -0.1) is 0 Å². The summed E-state index contributed by atoms with van der Waals surface area (Å²) in [7, 11) is 0. The first-order chi connectivity index (χ1) is 12.5. The highest BCUT2D eigenvalue weighted by molar-refractivity contribution is 6.33. The van der Waals surface area contributed by atoms with Gasteiger partial charge < -0.3 is 15.1 Å². The van der Waals surface area contributed by atoms with E-state index in [1.54, 1.807) is 0 Å². The standard InChI is InChI=1S/C18H17ClF3N3O/c19-12-3-1-2-4-15(12)25-9-7-24(8-10-25)11-16(26)23-14-6-5-13(20)17(21)18(14)22/h1-6H,7-11H2,(H,23,26)/p+1. The second kappa shape index (κ2) is 7.97. The Labute approximate surface area is 154 Å². The van der Waals surface area contributed by atoms with Gasteiger partial charge >= 0.3 is 0 Å². The number of carbonyl (C=O) groups is 1. The normalized spacial score (nSPS) is 15.2. The number of piperazine rings is 1. The third-order valence-electron chi connectivity index (χ3n) is 4.38. The van der Waals surface area contributed by atoms with Crippen LogP contribution in [0.4, 0.5) is 24.5 Å². The fourth-order valence-electron chi connectivity index (χ4n) is 2.99. The lowest BCUT2D eigenvalue weighted by molar-refractivity contribution is -0.892. The molecule has 0 saturated carbocycles. The van der Waals surface area contributed by atoms with Gasteiger partial charge in [-0.3, -0.25) is 4.79 Å². The molecule has 1 saturated heterocycles. The molecular weight excluding hydrogens is 367 g/mol. The van der Waals surface area contributed by atoms with Crippen molar-refractivity contribution in [3.63, 3.8) is 0 Å². The fraction of sp³-hybridized carbons (Fsp3) is 0.278. The minimum atomic E-state index is -1.59. The smallest absolute Gasteiger partial charge is 0.279 e. The van der Waals surface area contributed by atoms with Crippen molar-refractivity contribution in [3.05, 3.63) is 58.9 Å². The van der Waals surface area contributed by atoms with Gasteiger partial charge in [0.2, 0.25) is 0 Å². The first-order valence-electron chi connectivity index (χ1n) is 8.22. The number of halogens is 4. The van der Waals surface area contributed by atoms with Gasteiger partial charge in [0, 0.05) is 0 Å². The van der Waals surface area contributed by atoms with Crippen LogP contribution in [0, 0.1) is 17.5 Å². The zero-order chi connectivity index (χ0) is 18.7. The average molecular weight is 385 g/mol. The van der Waals surface area contributed by atoms with Crippen molar-refractivity contribution in [2.24, 2.45) is 0 Å². The van der Waals surface area contributed by atoms with Crippen LogP contribution in [0.25, 0.3) is 0 Å². The number of anilines is 2. The topological polar surface area (TPSA) is 36.8 Å². The lowest BCUT2D eigenvalue weighted by Crippen LogP contribution is -3.15. The molecule has 0 aromatic heterocycles. The first-order valence-corrected chi connectivity index (χ1v) is 8.60. The zero-order valence-corrected chi connectivity index (χ0v) is 14.6. The van der Waals surface area contributed by atoms with Crippen molar-refractivity contribution in [2.75, 3.05) is 42.9 Å². The van der Waals surface area contributed by atoms with Gasteiger partial charge in [-0.25, -0.2) is 13.2 Å². The average Bonchev–Trinajstić information content (AvgIpc) is 2.63. The molecule has 0 aliphatic carbocycles. The molecule has 0 bridgehead atoms. The van der Waals surface area contributed by atoms with Crippen LogP contribution >= 0.6 is 11.6 Å². The highest BCUT2D eigenvalue weighted by Crippen LogP contribution is 2.24. The predicted molar refractivity (Wildman–Crippen MR) is 94.2 cm³/mol. The monoisotopic (exact) mass is 384 g/mol. The molecule has 2 aromatic rings. The minimum Gasteiger partial charge on any atom is -0.359 e. The van der Waals surface area contributed by atoms with Gasteiger partial charge in [0.1, 0.15) is 0 Å². The molecule has 0 unspecified atom stereocenters. The highest BCUT2D eigenvalue weighted by Gasteiger charge is 2.24. The van der Waals surface area contributed by atoms with Gasteiger partial charge in [0.15, 0.2) is 24.0 Å². The summed E-state index contributed by atoms with van der Waals surface area (Å²) in [6, 6.07) is 9.37. The second-order valence-corrected chi connectivity index (χ2v) is 6.54. The van der Waals surface area contributed by atoms with Gasteiger partial charge in [0.05, 0.1) is 42.6 Å². The molecule has 0 atom stereocenters. The van der Waals surface area contributed by atoms with Crippen LogP contribution in [0.1, 0.15) is 0 Å². The van der Waals surface area contributed by atoms with E-state index in [9.17, 15) is 18.0 Å². The van der Waals surface area contributed by atoms with Crippen LogP contribution in [-0.4, -0.2) is 38.6 Å². The third-order valence-corrected chi connectivity index (χ3v) is 4.70. The van der Waals surface area contributed by atoms with Crippen LogP contribution in [0.15, 0.2) is 36.4 Å². The number of carbonyl (C=O) groups excluding carboxylic acids is 1. The van der Waals surface area contributed by atoms with Crippen molar-refractivity contribution in [2.45, 2.75) is 0 Å². The molecule has 1 aliphatic heterocycles. The van der Waals surface area contributed by atoms with Crippen LogP contribution in [0.5, 0.6) is 0 Å². The van der Waals surface area contributed by atoms with Crippen LogP contribution in [0.3, 0.4) is 0 Å². The Hall–Kier alpha value is -2.25. The van der Waals surface area contributed by atoms with E-state index in [-0.39, 0.29) is 12.2 Å². The Bertz CT molecular complexity index is 810. The van der Waals surface area contributed by atoms with Crippen LogP contribution in [0.2, 0.25) is 5.02 Å². The molecular formula is C18H18ClF3N3O+. The van der Waals surface area contributed by atoms with Gasteiger partial charge in [0.25, 0.3) is 5.91 Å². The fourth-order valence-corrected chi connectivity index (χ4v) is 3.25. The summed E-state index contributed by atoms with van der Waals surface area (Å²) < 4.78 is 39.8. The van der Waals surface area contributed by atoms with E-state index in [1.165, 1.54) is 0 Å². The molecule has 1 fully saturated rings. The number of amides is 1. The lowest BCUT2D eigenvalue weighted by atomic mass is 10.2. The zero-order valence-electron chi connectivity index (χ0n) is 13.9. The number of quaternary nitrogens is 1. The van der Waals surface area contributed by atoms with Crippen LogP contribution < -0.4 is 15.1 Å². The first kappa shape index (κ1) is 18.5. The molecule has 0 spiro atoms. The SMILES string of the molecule is O=C(C[NH+]1CCN(c2ccccc2Cl)CC1)Nc1ccc(F)c(F)c1F. The molecule has 2 aromatic carbocycles. The molecule has 2 N–H and O–H groups in total. The summed E-state index contributed by atoms with van der Waals surface area (Å²) in [6.45, 7) is 2.99. The van der Waals surface area contributed by atoms with E-state index < -0.39 is 23.4 Å². The summed E-state index contributed by atoms with van der Waals surface area (Å²) in [5, 5.41) is 2.98. The Balaban J connectivity index is 1.54. The Morgan fingerprint density at radius 1 is 1.08 bits per heavy atom. The van der Waals surface area contributed by atoms with Crippen molar-refractivity contribution in [1.29, 1.82) is 0 Å². The summed E-state index contributed by atoms with van der Waals surface area (Å²) >= 11 is 6.20. The maximum Gasteiger partial charge on any atom is 0.279 e. The Morgan fingerprint density at radius 3 is 2.46 bits per heavy atom. The Kier molecular flexibility index (Phi) is 5.68. The summed E-state index contributed by atoms with van der Waals surface area (Å²) in [5.74, 6) is -4.72. The van der Waals surface area contributed by atoms with E-state index in [2.05, 4.69) is 10.2 Å². The molecule has 1 aliphatic rings. The second-order valence-electron chi connectivity index (χ2n) is 6.14. The maximum atomic E-state index is 13.6. The molecule has 8 heteroatoms. The lowest BCUT2D eigenvalue weighted by Gasteiger charge is -2.33. The number of benzene rings is 2. The van der Waals surface area contributed by atoms with E-state index in [4.69, 9.17) is 11.6 Å². The molecule has 1 heterocycles. The van der Waals surface area contributed by atoms with E-state index >= 15 is 0 Å². The molecule has 1 amide bonds. The molecule has 138 valence electrons. The summed E-state index contributed by atoms with van der Waals surface area (Å²) in [5.41, 5.74) is 0.601. The van der Waals surface area contributed by atoms with E-state index in [0.29, 0.717) is 18.1 Å². The molecule has 4 nitrogen and oxygen atoms in total. The summed E-state index contributed by atoms with van der Waals surface area (Å²) in [6.07, 6.45) is 0. The number of rotatable bonds is 4. The molecule has 0 radical (unpaired) electrons. The van der Waals surface area contributed by atoms with E-state index in [0.717, 1.165) is 35.8 Å². The maximum absolute atomic E-state index is 13.6. The van der Waals surface area contributed by atoms with E-state index in [1.807, 2.05) is 24.3 Å². The number of nitrogens with zero attached hydrogens (tertiary/aromatic N) is 1. The number of nitrogens with one attached hydrogen (secondary N) is 2. The minimum absolute atomic E-state index is 0.120. The quantitative estimate of drug-likeness (QED) is 0.792.